The van der Waals surface area contributed by atoms with Crippen LogP contribution in [0.1, 0.15) is 49.3 Å². The molecule has 0 spiro atoms. The van der Waals surface area contributed by atoms with Gasteiger partial charge in [0.2, 0.25) is 0 Å². The summed E-state index contributed by atoms with van der Waals surface area (Å²) in [7, 11) is 2.75. The van der Waals surface area contributed by atoms with Gasteiger partial charge in [-0.05, 0) is 25.0 Å². The number of carbonyl (C=O) groups is 3. The summed E-state index contributed by atoms with van der Waals surface area (Å²) in [6, 6.07) is 27.2. The topological polar surface area (TPSA) is 82.1 Å². The van der Waals surface area contributed by atoms with Crippen LogP contribution in [0.15, 0.2) is 84.9 Å². The molecule has 0 amide bonds. The van der Waals surface area contributed by atoms with Gasteiger partial charge in [-0.15, -0.1) is 0 Å². The molecule has 7 nitrogen and oxygen atoms in total. The highest BCUT2D eigenvalue weighted by Crippen LogP contribution is 2.41. The fraction of sp³-hybridized carbons (Fsp3) is 0.323. The van der Waals surface area contributed by atoms with Crippen molar-refractivity contribution in [2.75, 3.05) is 32.2 Å². The van der Waals surface area contributed by atoms with Crippen molar-refractivity contribution in [3.63, 3.8) is 0 Å². The van der Waals surface area contributed by atoms with Crippen molar-refractivity contribution in [2.24, 2.45) is 0 Å². The molecule has 200 valence electrons. The van der Waals surface area contributed by atoms with Gasteiger partial charge in [0.05, 0.1) is 14.2 Å². The summed E-state index contributed by atoms with van der Waals surface area (Å²) in [4.78, 5) is 38.1. The quantitative estimate of drug-likeness (QED) is 0.174. The van der Waals surface area contributed by atoms with E-state index in [-0.39, 0.29) is 24.8 Å². The third-order valence-corrected chi connectivity index (χ3v) is 6.35. The van der Waals surface area contributed by atoms with E-state index in [0.29, 0.717) is 25.9 Å². The SMILES string of the molecule is COC(=O)CCCN(CCCC(=O)OC)c1cccc(C(OC(C)=O)(c2ccccc2)c2ccccc2)c1. The first-order chi connectivity index (χ1) is 18.4. The molecule has 0 saturated heterocycles. The van der Waals surface area contributed by atoms with E-state index < -0.39 is 11.6 Å². The Labute approximate surface area is 224 Å². The summed E-state index contributed by atoms with van der Waals surface area (Å²) in [5.74, 6) is -0.943. The van der Waals surface area contributed by atoms with Gasteiger partial charge in [0.25, 0.3) is 0 Å². The molecule has 0 aliphatic carbocycles. The summed E-state index contributed by atoms with van der Waals surface area (Å²) in [6.45, 7) is 2.57. The summed E-state index contributed by atoms with van der Waals surface area (Å²) < 4.78 is 15.8. The Hall–Kier alpha value is -4.13. The van der Waals surface area contributed by atoms with Gasteiger partial charge in [0.1, 0.15) is 0 Å². The Kier molecular flexibility index (Phi) is 10.5. The van der Waals surface area contributed by atoms with E-state index in [9.17, 15) is 14.4 Å². The van der Waals surface area contributed by atoms with Crippen LogP contribution in [0.2, 0.25) is 0 Å². The fourth-order valence-corrected chi connectivity index (χ4v) is 4.56. The van der Waals surface area contributed by atoms with E-state index in [2.05, 4.69) is 4.90 Å². The van der Waals surface area contributed by atoms with Crippen LogP contribution in [0.3, 0.4) is 0 Å². The van der Waals surface area contributed by atoms with Crippen molar-refractivity contribution >= 4 is 23.6 Å². The largest absolute Gasteiger partial charge is 0.469 e. The molecule has 0 fully saturated rings. The zero-order valence-electron chi connectivity index (χ0n) is 22.2. The van der Waals surface area contributed by atoms with Gasteiger partial charge in [-0.1, -0.05) is 72.8 Å². The lowest BCUT2D eigenvalue weighted by atomic mass is 9.80. The van der Waals surface area contributed by atoms with E-state index >= 15 is 0 Å². The monoisotopic (exact) mass is 517 g/mol. The van der Waals surface area contributed by atoms with Crippen LogP contribution in [0.4, 0.5) is 5.69 Å². The van der Waals surface area contributed by atoms with Crippen LogP contribution < -0.4 is 4.90 Å². The number of hydrogen-bond donors (Lipinski definition) is 0. The number of ether oxygens (including phenoxy) is 3. The Morgan fingerprint density at radius 1 is 0.684 bits per heavy atom. The lowest BCUT2D eigenvalue weighted by Crippen LogP contribution is -2.35. The minimum Gasteiger partial charge on any atom is -0.469 e. The molecular formula is C31H35NO6. The van der Waals surface area contributed by atoms with Gasteiger partial charge in [-0.25, -0.2) is 0 Å². The van der Waals surface area contributed by atoms with Crippen LogP contribution in [0, 0.1) is 0 Å². The van der Waals surface area contributed by atoms with Crippen LogP contribution in [-0.4, -0.2) is 45.2 Å². The Morgan fingerprint density at radius 2 is 1.16 bits per heavy atom. The van der Waals surface area contributed by atoms with Crippen molar-refractivity contribution < 1.29 is 28.6 Å². The lowest BCUT2D eigenvalue weighted by Gasteiger charge is -2.36. The molecule has 0 radical (unpaired) electrons. The summed E-state index contributed by atoms with van der Waals surface area (Å²) in [5.41, 5.74) is 2.14. The molecule has 0 heterocycles. The van der Waals surface area contributed by atoms with Crippen molar-refractivity contribution in [2.45, 2.75) is 38.2 Å². The maximum Gasteiger partial charge on any atom is 0.305 e. The van der Waals surface area contributed by atoms with Crippen molar-refractivity contribution in [3.05, 3.63) is 102 Å². The molecule has 3 aromatic rings. The summed E-state index contributed by atoms with van der Waals surface area (Å²) >= 11 is 0. The average molecular weight is 518 g/mol. The maximum atomic E-state index is 12.5. The molecule has 0 N–H and O–H groups in total. The van der Waals surface area contributed by atoms with Crippen molar-refractivity contribution in [1.82, 2.24) is 0 Å². The third kappa shape index (κ3) is 7.22. The number of nitrogens with zero attached hydrogens (tertiary/aromatic N) is 1. The van der Waals surface area contributed by atoms with E-state index in [1.807, 2.05) is 84.9 Å². The number of benzene rings is 3. The number of hydrogen-bond acceptors (Lipinski definition) is 7. The molecule has 0 atom stereocenters. The summed E-state index contributed by atoms with van der Waals surface area (Å²) in [6.07, 6.45) is 1.74. The minimum absolute atomic E-state index is 0.268. The van der Waals surface area contributed by atoms with Gasteiger partial charge >= 0.3 is 17.9 Å². The molecular weight excluding hydrogens is 482 g/mol. The van der Waals surface area contributed by atoms with Crippen LogP contribution in [0.25, 0.3) is 0 Å². The van der Waals surface area contributed by atoms with Crippen LogP contribution in [-0.2, 0) is 34.2 Å². The first-order valence-electron chi connectivity index (χ1n) is 12.7. The second-order valence-electron chi connectivity index (χ2n) is 8.90. The normalized spacial score (nSPS) is 10.9. The highest BCUT2D eigenvalue weighted by atomic mass is 16.6. The second kappa shape index (κ2) is 14.0. The molecule has 3 rings (SSSR count). The molecule has 0 bridgehead atoms. The molecule has 0 aliphatic rings. The number of carbonyl (C=O) groups excluding carboxylic acids is 3. The fourth-order valence-electron chi connectivity index (χ4n) is 4.56. The Morgan fingerprint density at radius 3 is 1.61 bits per heavy atom. The third-order valence-electron chi connectivity index (χ3n) is 6.35. The van der Waals surface area contributed by atoms with E-state index in [1.54, 1.807) is 0 Å². The average Bonchev–Trinajstić information content (AvgIpc) is 2.95. The molecule has 0 unspecified atom stereocenters. The van der Waals surface area contributed by atoms with Crippen molar-refractivity contribution in [3.8, 4) is 0 Å². The summed E-state index contributed by atoms with van der Waals surface area (Å²) in [5, 5.41) is 0. The molecule has 38 heavy (non-hydrogen) atoms. The van der Waals surface area contributed by atoms with Crippen LogP contribution in [0.5, 0.6) is 0 Å². The van der Waals surface area contributed by atoms with E-state index in [0.717, 1.165) is 22.4 Å². The van der Waals surface area contributed by atoms with Gasteiger partial charge in [-0.3, -0.25) is 14.4 Å². The van der Waals surface area contributed by atoms with Crippen LogP contribution >= 0.6 is 0 Å². The molecule has 0 saturated carbocycles. The highest BCUT2D eigenvalue weighted by molar-refractivity contribution is 5.70. The van der Waals surface area contributed by atoms with Gasteiger partial charge < -0.3 is 19.1 Å². The Bertz CT molecular complexity index is 1130. The smallest absolute Gasteiger partial charge is 0.305 e. The Balaban J connectivity index is 2.07. The number of esters is 3. The zero-order chi connectivity index (χ0) is 27.4. The molecule has 0 aromatic heterocycles. The lowest BCUT2D eigenvalue weighted by molar-refractivity contribution is -0.150. The zero-order valence-corrected chi connectivity index (χ0v) is 22.2. The molecule has 7 heteroatoms. The first-order valence-corrected chi connectivity index (χ1v) is 12.7. The number of methoxy groups -OCH3 is 2. The molecule has 0 aliphatic heterocycles. The molecule has 3 aromatic carbocycles. The standard InChI is InChI=1S/C31H35NO6/c1-24(33)38-31(25-13-6-4-7-14-25,26-15-8-5-9-16-26)27-17-10-18-28(23-27)32(21-11-19-29(34)36-2)22-12-20-30(35)37-3/h4-10,13-18,23H,11-12,19-22H2,1-3H3. The second-order valence-corrected chi connectivity index (χ2v) is 8.90. The van der Waals surface area contributed by atoms with E-state index in [1.165, 1.54) is 21.1 Å². The van der Waals surface area contributed by atoms with Crippen molar-refractivity contribution in [1.29, 1.82) is 0 Å². The maximum absolute atomic E-state index is 12.5. The predicted octanol–water partition coefficient (Wildman–Crippen LogP) is 5.25. The predicted molar refractivity (Wildman–Crippen MR) is 146 cm³/mol. The van der Waals surface area contributed by atoms with Gasteiger partial charge in [0, 0.05) is 55.2 Å². The number of rotatable bonds is 13. The first kappa shape index (κ1) is 28.4. The van der Waals surface area contributed by atoms with Gasteiger partial charge in [-0.2, -0.15) is 0 Å². The van der Waals surface area contributed by atoms with Gasteiger partial charge in [0.15, 0.2) is 5.60 Å². The number of anilines is 1. The van der Waals surface area contributed by atoms with E-state index in [4.69, 9.17) is 14.2 Å². The highest BCUT2D eigenvalue weighted by Gasteiger charge is 2.40. The minimum atomic E-state index is -1.17.